The minimum atomic E-state index is -4.80. The molecule has 1 aromatic heterocycles. The zero-order chi connectivity index (χ0) is 58.7. The summed E-state index contributed by atoms with van der Waals surface area (Å²) in [6, 6.07) is 22.5. The first-order valence-electron chi connectivity index (χ1n) is 27.0. The Kier molecular flexibility index (Phi) is 20.0. The summed E-state index contributed by atoms with van der Waals surface area (Å²) in [4.78, 5) is 68.3. The summed E-state index contributed by atoms with van der Waals surface area (Å²) in [7, 11) is 0. The average Bonchev–Trinajstić information content (AvgIpc) is 2.73. The Morgan fingerprint density at radius 3 is 2.16 bits per heavy atom. The minimum Gasteiger partial charge on any atom is -0.491 e. The zero-order valence-electron chi connectivity index (χ0n) is 46.3. The van der Waals surface area contributed by atoms with Crippen LogP contribution in [0.1, 0.15) is 78.8 Å². The number of anilines is 2. The van der Waals surface area contributed by atoms with Gasteiger partial charge in [-0.15, -0.1) is 0 Å². The van der Waals surface area contributed by atoms with Crippen molar-refractivity contribution >= 4 is 52.3 Å². The molecule has 0 bridgehead atoms. The van der Waals surface area contributed by atoms with Crippen molar-refractivity contribution in [2.45, 2.75) is 90.5 Å². The maximum absolute atomic E-state index is 14.2. The zero-order valence-corrected chi connectivity index (χ0v) is 47.1. The van der Waals surface area contributed by atoms with E-state index in [1.807, 2.05) is 51.1 Å². The van der Waals surface area contributed by atoms with Crippen molar-refractivity contribution in [2.24, 2.45) is 5.92 Å². The number of aromatic amines is 1. The van der Waals surface area contributed by atoms with Crippen molar-refractivity contribution in [3.8, 4) is 28.8 Å². The number of aliphatic hydroxyl groups excluding tert-OH is 1. The largest absolute Gasteiger partial charge is 0.491 e. The second kappa shape index (κ2) is 27.1. The number of H-pyrrole nitrogens is 1. The smallest absolute Gasteiger partial charge is 0.417 e. The highest BCUT2D eigenvalue weighted by Crippen LogP contribution is 2.40. The number of β-amino-alcohol motifs (C(OH)–C–C–N with tert-alkyl or cyclic N) is 1. The van der Waals surface area contributed by atoms with Crippen molar-refractivity contribution in [3.05, 3.63) is 125 Å². The predicted molar refractivity (Wildman–Crippen MR) is 300 cm³/mol. The van der Waals surface area contributed by atoms with E-state index in [1.54, 1.807) is 72.4 Å². The number of nitriles is 1. The van der Waals surface area contributed by atoms with Crippen LogP contribution in [-0.2, 0) is 52.6 Å². The van der Waals surface area contributed by atoms with E-state index < -0.39 is 52.8 Å². The van der Waals surface area contributed by atoms with Crippen LogP contribution in [0.3, 0.4) is 0 Å². The summed E-state index contributed by atoms with van der Waals surface area (Å²) in [6.45, 7) is 12.6. The summed E-state index contributed by atoms with van der Waals surface area (Å²) >= 11 is 5.62. The molecule has 2 fully saturated rings. The summed E-state index contributed by atoms with van der Waals surface area (Å²) < 4.78 is 76.0. The number of carbonyl (C=O) groups is 4. The summed E-state index contributed by atoms with van der Waals surface area (Å²) in [5, 5.41) is 22.9. The molecule has 0 saturated carbocycles. The van der Waals surface area contributed by atoms with E-state index in [0.29, 0.717) is 81.0 Å². The number of hydrogen-bond donors (Lipinski definition) is 3. The molecule has 8 rings (SSSR count). The van der Waals surface area contributed by atoms with Gasteiger partial charge in [-0.05, 0) is 105 Å². The number of nitrogens with zero attached hydrogens (tertiary/aromatic N) is 6. The van der Waals surface area contributed by atoms with Crippen LogP contribution >= 0.6 is 12.2 Å². The molecule has 82 heavy (non-hydrogen) atoms. The molecule has 23 heteroatoms. The molecule has 4 aromatic carbocycles. The van der Waals surface area contributed by atoms with Crippen molar-refractivity contribution in [1.82, 2.24) is 25.1 Å². The van der Waals surface area contributed by atoms with Crippen molar-refractivity contribution in [1.29, 1.82) is 5.26 Å². The fourth-order valence-electron chi connectivity index (χ4n) is 10.2. The topological polar surface area (TPSA) is 221 Å². The van der Waals surface area contributed by atoms with Crippen molar-refractivity contribution in [3.63, 3.8) is 0 Å². The van der Waals surface area contributed by atoms with Crippen LogP contribution in [0.4, 0.5) is 24.5 Å². The number of ether oxygens (including phenoxy) is 6. The van der Waals surface area contributed by atoms with E-state index in [1.165, 1.54) is 11.0 Å². The van der Waals surface area contributed by atoms with Gasteiger partial charge in [-0.25, -0.2) is 4.98 Å². The Bertz CT molecular complexity index is 3130. The average molecular weight is 1150 g/mol. The quantitative estimate of drug-likeness (QED) is 0.0345. The van der Waals surface area contributed by atoms with Crippen LogP contribution in [0, 0.1) is 24.2 Å². The number of alkyl halides is 3. The monoisotopic (exact) mass is 1150 g/mol. The molecule has 0 aliphatic carbocycles. The van der Waals surface area contributed by atoms with E-state index in [-0.39, 0.29) is 74.4 Å². The Hall–Kier alpha value is -7.46. The van der Waals surface area contributed by atoms with E-state index >= 15 is 0 Å². The first-order valence-corrected chi connectivity index (χ1v) is 27.5. The summed E-state index contributed by atoms with van der Waals surface area (Å²) in [5.41, 5.74) is 2.02. The lowest BCUT2D eigenvalue weighted by molar-refractivity contribution is -0.143. The first-order chi connectivity index (χ1) is 39.3. The fourth-order valence-corrected chi connectivity index (χ4v) is 10.7. The van der Waals surface area contributed by atoms with Gasteiger partial charge in [0.2, 0.25) is 11.8 Å². The molecule has 0 radical (unpaired) electrons. The molecular formula is C59H67F3N8O11S. The van der Waals surface area contributed by atoms with E-state index in [9.17, 15) is 42.7 Å². The van der Waals surface area contributed by atoms with Crippen LogP contribution < -0.4 is 24.6 Å². The highest BCUT2D eigenvalue weighted by atomic mass is 32.1. The number of aromatic nitrogens is 2. The number of fused-ring (bicyclic) bond motifs is 1. The van der Waals surface area contributed by atoms with Gasteiger partial charge in [-0.2, -0.15) is 18.4 Å². The first kappa shape index (κ1) is 60.6. The van der Waals surface area contributed by atoms with Gasteiger partial charge in [-0.1, -0.05) is 44.2 Å². The van der Waals surface area contributed by atoms with Gasteiger partial charge in [0.1, 0.15) is 42.3 Å². The van der Waals surface area contributed by atoms with Crippen LogP contribution in [0.5, 0.6) is 11.5 Å². The number of aliphatic hydroxyl groups is 1. The van der Waals surface area contributed by atoms with Gasteiger partial charge in [0, 0.05) is 67.3 Å². The highest BCUT2D eigenvalue weighted by Gasteiger charge is 2.51. The molecule has 2 saturated heterocycles. The number of amides is 4. The molecule has 4 heterocycles. The standard InChI is InChI=1S/C59H67F3N8O11S/c1-37(2)52(68-34-42-9-6-7-10-47(42)54(68)73)55(74)67-35-45(71)31-49(67)53(72)64-33-41-12-11-39(51-38(3)65-36-66-51)29-50(41)81-28-26-79-24-22-77-20-8-19-76-21-23-78-25-27-80-46-17-15-43(16-18-46)70-57(82)69(56(75)58(70,4)5)44-14-13-40(32-63)48(30-44)59(60,61)62/h6-7,9-18,29-30,36-37,45,49,52,71H,8,19-28,31,33-35H2,1-5H3,(H,64,72)(H,65,66)/t45-,49+,52+/m1/s1. The third-order valence-electron chi connectivity index (χ3n) is 14.3. The number of imidazole rings is 1. The molecule has 3 aliphatic heterocycles. The number of halogens is 3. The second-order valence-electron chi connectivity index (χ2n) is 20.7. The number of thiocarbonyl (C=S) groups is 1. The minimum absolute atomic E-state index is 0.00916. The molecule has 5 aromatic rings. The van der Waals surface area contributed by atoms with E-state index in [2.05, 4.69) is 15.3 Å². The molecular weight excluding hydrogens is 1090 g/mol. The normalized spacial score (nSPS) is 17.2. The Morgan fingerprint density at radius 1 is 0.878 bits per heavy atom. The Morgan fingerprint density at radius 2 is 1.52 bits per heavy atom. The Balaban J connectivity index is 0.698. The molecule has 3 aliphatic rings. The number of nitrogens with one attached hydrogen (secondary N) is 2. The number of hydrogen-bond acceptors (Lipinski definition) is 14. The lowest BCUT2D eigenvalue weighted by Gasteiger charge is -2.35. The molecule has 0 spiro atoms. The van der Waals surface area contributed by atoms with E-state index in [0.717, 1.165) is 39.5 Å². The van der Waals surface area contributed by atoms with Gasteiger partial charge in [0.05, 0.1) is 80.7 Å². The van der Waals surface area contributed by atoms with Crippen molar-refractivity contribution in [2.75, 3.05) is 82.4 Å². The SMILES string of the molecule is Cc1[nH]cnc1-c1ccc(CNC(=O)[C@@H]2C[C@@H](O)CN2C(=O)[C@H](C(C)C)N2Cc3ccccc3C2=O)c(OCCOCCOCCCOCCOCCOc2ccc(N3C(=S)N(c4ccc(C#N)c(C(F)(F)F)c4)C(=O)C3(C)C)cc2)c1. The van der Waals surface area contributed by atoms with Gasteiger partial charge >= 0.3 is 6.18 Å². The maximum atomic E-state index is 14.2. The number of aryl methyl sites for hydroxylation is 1. The lowest BCUT2D eigenvalue weighted by Crippen LogP contribution is -2.55. The number of carbonyl (C=O) groups excluding carboxylic acids is 4. The van der Waals surface area contributed by atoms with Gasteiger partial charge in [0.25, 0.3) is 11.8 Å². The number of likely N-dealkylation sites (tertiary alicyclic amines) is 1. The highest BCUT2D eigenvalue weighted by molar-refractivity contribution is 7.81. The van der Waals surface area contributed by atoms with Gasteiger partial charge < -0.3 is 58.5 Å². The third-order valence-corrected chi connectivity index (χ3v) is 14.7. The Labute approximate surface area is 479 Å². The van der Waals surface area contributed by atoms with Crippen LogP contribution in [0.15, 0.2) is 91.3 Å². The second-order valence-corrected chi connectivity index (χ2v) is 21.1. The van der Waals surface area contributed by atoms with Crippen LogP contribution in [-0.4, -0.2) is 150 Å². The van der Waals surface area contributed by atoms with E-state index in [4.69, 9.17) is 40.6 Å². The molecule has 3 N–H and O–H groups in total. The number of rotatable bonds is 27. The summed E-state index contributed by atoms with van der Waals surface area (Å²) in [6.07, 6.45) is -3.37. The number of benzene rings is 4. The fraction of sp³-hybridized carbons (Fsp3) is 0.441. The molecule has 436 valence electrons. The third kappa shape index (κ3) is 14.1. The van der Waals surface area contributed by atoms with Gasteiger partial charge in [-0.3, -0.25) is 24.1 Å². The lowest BCUT2D eigenvalue weighted by atomic mass is 10.0. The summed E-state index contributed by atoms with van der Waals surface area (Å²) in [5.74, 6) is -0.768. The van der Waals surface area contributed by atoms with Crippen molar-refractivity contribution < 1.29 is 65.9 Å². The molecule has 4 amide bonds. The molecule has 3 atom stereocenters. The maximum Gasteiger partial charge on any atom is 0.417 e. The predicted octanol–water partition coefficient (Wildman–Crippen LogP) is 7.37. The van der Waals surface area contributed by atoms with Crippen LogP contribution in [0.2, 0.25) is 0 Å². The molecule has 0 unspecified atom stereocenters. The van der Waals surface area contributed by atoms with Gasteiger partial charge in [0.15, 0.2) is 5.11 Å². The molecule has 19 nitrogen and oxygen atoms in total. The van der Waals surface area contributed by atoms with Crippen LogP contribution in [0.25, 0.3) is 11.3 Å².